The van der Waals surface area contributed by atoms with E-state index in [1.165, 1.54) is 0 Å². The van der Waals surface area contributed by atoms with Crippen LogP contribution in [0.1, 0.15) is 37.7 Å². The smallest absolute Gasteiger partial charge is 0.417 e. The van der Waals surface area contributed by atoms with Crippen molar-refractivity contribution in [1.82, 2.24) is 15.5 Å². The SMILES string of the molecule is NCCCCC(C(=O)NCC(=O)O)N(C(=O)OCc1ccccc1)C(=O)C1CCCN1. The normalized spacial score (nSPS) is 16.4. The molecule has 1 aliphatic rings. The standard InChI is InChI=1S/C21H30N4O6/c22-11-5-4-10-17(19(28)24-13-18(26)27)25(20(29)16-9-6-12-23-16)21(30)31-14-15-7-2-1-3-8-15/h1-3,7-8,16-17,23H,4-6,9-14,22H2,(H,24,28)(H,26,27). The molecule has 31 heavy (non-hydrogen) atoms. The van der Waals surface area contributed by atoms with E-state index in [0.717, 1.165) is 16.9 Å². The van der Waals surface area contributed by atoms with E-state index < -0.39 is 42.5 Å². The number of nitrogens with zero attached hydrogens (tertiary/aromatic N) is 1. The van der Waals surface area contributed by atoms with Gasteiger partial charge < -0.3 is 26.2 Å². The topological polar surface area (TPSA) is 151 Å². The van der Waals surface area contributed by atoms with Crippen molar-refractivity contribution < 1.29 is 29.0 Å². The number of ether oxygens (including phenoxy) is 1. The Labute approximate surface area is 181 Å². The lowest BCUT2D eigenvalue weighted by molar-refractivity contribution is -0.142. The van der Waals surface area contributed by atoms with Crippen LogP contribution < -0.4 is 16.4 Å². The molecule has 1 heterocycles. The summed E-state index contributed by atoms with van der Waals surface area (Å²) in [5, 5.41) is 14.2. The number of rotatable bonds is 11. The molecule has 0 saturated carbocycles. The maximum Gasteiger partial charge on any atom is 0.417 e. The van der Waals surface area contributed by atoms with Crippen molar-refractivity contribution in [2.45, 2.75) is 50.8 Å². The molecular weight excluding hydrogens is 404 g/mol. The van der Waals surface area contributed by atoms with Gasteiger partial charge in [0.05, 0.1) is 6.04 Å². The molecule has 1 aromatic rings. The molecule has 1 fully saturated rings. The van der Waals surface area contributed by atoms with Gasteiger partial charge in [0, 0.05) is 0 Å². The van der Waals surface area contributed by atoms with E-state index in [9.17, 15) is 19.2 Å². The summed E-state index contributed by atoms with van der Waals surface area (Å²) < 4.78 is 5.35. The van der Waals surface area contributed by atoms with Gasteiger partial charge in [-0.05, 0) is 50.8 Å². The minimum Gasteiger partial charge on any atom is -0.480 e. The summed E-state index contributed by atoms with van der Waals surface area (Å²) >= 11 is 0. The summed E-state index contributed by atoms with van der Waals surface area (Å²) in [4.78, 5) is 50.6. The average Bonchev–Trinajstić information content (AvgIpc) is 3.31. The molecule has 2 unspecified atom stereocenters. The van der Waals surface area contributed by atoms with Gasteiger partial charge in [0.25, 0.3) is 0 Å². The number of carboxylic acids is 1. The predicted molar refractivity (Wildman–Crippen MR) is 112 cm³/mol. The second kappa shape index (κ2) is 12.7. The van der Waals surface area contributed by atoms with Gasteiger partial charge in [-0.1, -0.05) is 30.3 Å². The van der Waals surface area contributed by atoms with Crippen LogP contribution in [0.25, 0.3) is 0 Å². The van der Waals surface area contributed by atoms with Crippen LogP contribution in [0.4, 0.5) is 4.79 Å². The number of aliphatic carboxylic acids is 1. The zero-order valence-electron chi connectivity index (χ0n) is 17.4. The number of hydrogen-bond acceptors (Lipinski definition) is 7. The monoisotopic (exact) mass is 434 g/mol. The largest absolute Gasteiger partial charge is 0.480 e. The number of carbonyl (C=O) groups is 4. The van der Waals surface area contributed by atoms with Crippen LogP contribution in [0.2, 0.25) is 0 Å². The van der Waals surface area contributed by atoms with Crippen LogP contribution in [0, 0.1) is 0 Å². The zero-order valence-corrected chi connectivity index (χ0v) is 17.4. The first-order valence-electron chi connectivity index (χ1n) is 10.4. The van der Waals surface area contributed by atoms with Gasteiger partial charge in [-0.2, -0.15) is 0 Å². The highest BCUT2D eigenvalue weighted by Gasteiger charge is 2.39. The van der Waals surface area contributed by atoms with E-state index in [2.05, 4.69) is 10.6 Å². The van der Waals surface area contributed by atoms with Crippen molar-refractivity contribution >= 4 is 23.9 Å². The number of carboxylic acid groups (broad SMARTS) is 1. The number of imide groups is 1. The van der Waals surface area contributed by atoms with Gasteiger partial charge >= 0.3 is 12.1 Å². The molecule has 0 spiro atoms. The summed E-state index contributed by atoms with van der Waals surface area (Å²) in [6, 6.07) is 7.17. The Hall–Kier alpha value is -2.98. The number of amides is 3. The minimum atomic E-state index is -1.23. The number of carbonyl (C=O) groups excluding carboxylic acids is 3. The van der Waals surface area contributed by atoms with Crippen LogP contribution in [0.5, 0.6) is 0 Å². The van der Waals surface area contributed by atoms with Crippen molar-refractivity contribution in [2.24, 2.45) is 5.73 Å². The maximum atomic E-state index is 13.2. The van der Waals surface area contributed by atoms with Crippen molar-refractivity contribution in [3.63, 3.8) is 0 Å². The van der Waals surface area contributed by atoms with Crippen LogP contribution in [-0.2, 0) is 25.7 Å². The highest BCUT2D eigenvalue weighted by atomic mass is 16.6. The molecule has 0 aromatic heterocycles. The molecule has 5 N–H and O–H groups in total. The van der Waals surface area contributed by atoms with E-state index in [1.807, 2.05) is 6.07 Å². The van der Waals surface area contributed by atoms with E-state index >= 15 is 0 Å². The molecule has 2 rings (SSSR count). The lowest BCUT2D eigenvalue weighted by Crippen LogP contribution is -2.57. The minimum absolute atomic E-state index is 0.0617. The second-order valence-electron chi connectivity index (χ2n) is 7.31. The fourth-order valence-corrected chi connectivity index (χ4v) is 3.36. The van der Waals surface area contributed by atoms with Gasteiger partial charge in [-0.3, -0.25) is 14.4 Å². The molecule has 3 amide bonds. The highest BCUT2D eigenvalue weighted by molar-refractivity contribution is 6.00. The number of benzene rings is 1. The van der Waals surface area contributed by atoms with Gasteiger partial charge in [-0.25, -0.2) is 9.69 Å². The molecular formula is C21H30N4O6. The Bertz CT molecular complexity index is 751. The van der Waals surface area contributed by atoms with E-state index in [1.54, 1.807) is 24.3 Å². The van der Waals surface area contributed by atoms with E-state index in [-0.39, 0.29) is 13.0 Å². The zero-order chi connectivity index (χ0) is 22.6. The van der Waals surface area contributed by atoms with E-state index in [0.29, 0.717) is 32.4 Å². The Balaban J connectivity index is 2.22. The molecule has 1 aromatic carbocycles. The van der Waals surface area contributed by atoms with Crippen molar-refractivity contribution in [3.05, 3.63) is 35.9 Å². The first-order chi connectivity index (χ1) is 14.9. The van der Waals surface area contributed by atoms with Gasteiger partial charge in [0.2, 0.25) is 11.8 Å². The summed E-state index contributed by atoms with van der Waals surface area (Å²) in [5.74, 6) is -2.50. The molecule has 1 aliphatic heterocycles. The molecule has 170 valence electrons. The average molecular weight is 434 g/mol. The van der Waals surface area contributed by atoms with Crippen LogP contribution >= 0.6 is 0 Å². The Morgan fingerprint density at radius 1 is 1.23 bits per heavy atom. The van der Waals surface area contributed by atoms with Crippen LogP contribution in [-0.4, -0.2) is 65.6 Å². The van der Waals surface area contributed by atoms with Gasteiger partial charge in [0.1, 0.15) is 19.2 Å². The van der Waals surface area contributed by atoms with Crippen molar-refractivity contribution in [1.29, 1.82) is 0 Å². The van der Waals surface area contributed by atoms with Crippen molar-refractivity contribution in [2.75, 3.05) is 19.6 Å². The fourth-order valence-electron chi connectivity index (χ4n) is 3.36. The first kappa shape index (κ1) is 24.3. The summed E-state index contributed by atoms with van der Waals surface area (Å²) in [6.45, 7) is 0.342. The molecule has 2 atom stereocenters. The lowest BCUT2D eigenvalue weighted by Gasteiger charge is -2.30. The van der Waals surface area contributed by atoms with Gasteiger partial charge in [0.15, 0.2) is 0 Å². The van der Waals surface area contributed by atoms with Gasteiger partial charge in [-0.15, -0.1) is 0 Å². The predicted octanol–water partition coefficient (Wildman–Crippen LogP) is 0.602. The van der Waals surface area contributed by atoms with Crippen molar-refractivity contribution in [3.8, 4) is 0 Å². The molecule has 0 radical (unpaired) electrons. The maximum absolute atomic E-state index is 13.2. The molecule has 1 saturated heterocycles. The molecule has 10 nitrogen and oxygen atoms in total. The van der Waals surface area contributed by atoms with E-state index in [4.69, 9.17) is 15.6 Å². The third kappa shape index (κ3) is 7.65. The quantitative estimate of drug-likeness (QED) is 0.370. The summed E-state index contributed by atoms with van der Waals surface area (Å²) in [5.41, 5.74) is 6.27. The third-order valence-electron chi connectivity index (χ3n) is 4.96. The number of unbranched alkanes of at least 4 members (excludes halogenated alkanes) is 1. The third-order valence-corrected chi connectivity index (χ3v) is 4.96. The summed E-state index contributed by atoms with van der Waals surface area (Å²) in [6.07, 6.45) is 1.59. The van der Waals surface area contributed by atoms with Crippen LogP contribution in [0.15, 0.2) is 30.3 Å². The highest BCUT2D eigenvalue weighted by Crippen LogP contribution is 2.17. The molecule has 0 aliphatic carbocycles. The lowest BCUT2D eigenvalue weighted by atomic mass is 10.1. The van der Waals surface area contributed by atoms with Crippen LogP contribution in [0.3, 0.4) is 0 Å². The number of nitrogens with one attached hydrogen (secondary N) is 2. The Morgan fingerprint density at radius 3 is 2.58 bits per heavy atom. The summed E-state index contributed by atoms with van der Waals surface area (Å²) in [7, 11) is 0. The Morgan fingerprint density at radius 2 is 1.97 bits per heavy atom. The number of hydrogen-bond donors (Lipinski definition) is 4. The fraction of sp³-hybridized carbons (Fsp3) is 0.524. The molecule has 0 bridgehead atoms. The molecule has 10 heteroatoms. The number of nitrogens with two attached hydrogens (primary N) is 1. The Kier molecular flexibility index (Phi) is 9.92. The first-order valence-corrected chi connectivity index (χ1v) is 10.4. The second-order valence-corrected chi connectivity index (χ2v) is 7.31.